The third-order valence-electron chi connectivity index (χ3n) is 13.4. The maximum Gasteiger partial charge on any atom is 0.225 e. The zero-order chi connectivity index (χ0) is 41.5. The molecule has 2 aliphatic carbocycles. The van der Waals surface area contributed by atoms with Gasteiger partial charge in [0.25, 0.3) is 0 Å². The molecule has 3 heterocycles. The van der Waals surface area contributed by atoms with Gasteiger partial charge in [0.05, 0.1) is 24.7 Å². The molecule has 2 bridgehead atoms. The van der Waals surface area contributed by atoms with E-state index in [2.05, 4.69) is 54.2 Å². The average molecular weight is 830 g/mol. The van der Waals surface area contributed by atoms with Gasteiger partial charge in [-0.15, -0.1) is 0 Å². The number of benzene rings is 1. The van der Waals surface area contributed by atoms with Gasteiger partial charge in [-0.2, -0.15) is 0 Å². The number of hydrogen-bond donors (Lipinski definition) is 6. The third kappa shape index (κ3) is 9.82. The third-order valence-corrected chi connectivity index (χ3v) is 15.8. The van der Waals surface area contributed by atoms with Gasteiger partial charge >= 0.3 is 0 Å². The molecule has 1 aromatic rings. The number of hydrogen-bond acceptors (Lipinski definition) is 10. The molecule has 1 spiro atoms. The average Bonchev–Trinajstić information content (AvgIpc) is 3.54. The molecular weight excluding hydrogens is 767 g/mol. The molecule has 0 unspecified atom stereocenters. The molecule has 2 saturated carbocycles. The minimum atomic E-state index is -1.24. The van der Waals surface area contributed by atoms with Crippen molar-refractivity contribution in [1.29, 1.82) is 0 Å². The Bertz CT molecular complexity index is 1890. The Balaban J connectivity index is 1.34. The van der Waals surface area contributed by atoms with Gasteiger partial charge in [-0.05, 0) is 111 Å². The van der Waals surface area contributed by atoms with Crippen LogP contribution < -0.4 is 16.4 Å². The van der Waals surface area contributed by atoms with Gasteiger partial charge in [0.15, 0.2) is 5.78 Å². The summed E-state index contributed by atoms with van der Waals surface area (Å²) >= 11 is 0. The maximum atomic E-state index is 14.3. The molecule has 0 aromatic heterocycles. The minimum absolute atomic E-state index is 0.0374. The van der Waals surface area contributed by atoms with E-state index in [0.717, 1.165) is 64.3 Å². The Kier molecular flexibility index (Phi) is 15.5. The normalized spacial score (nSPS) is 35.3. The van der Waals surface area contributed by atoms with Crippen LogP contribution in [0.2, 0.25) is 0 Å². The van der Waals surface area contributed by atoms with Crippen molar-refractivity contribution in [3.8, 4) is 11.8 Å². The number of rotatable bonds is 9. The number of Topliss-reactive ketones (excluding diaryl/α,β-unsaturated/α-hetero) is 1. The number of ketones is 1. The molecule has 9 nitrogen and oxygen atoms in total. The van der Waals surface area contributed by atoms with Crippen molar-refractivity contribution in [1.82, 2.24) is 10.6 Å². The largest absolute Gasteiger partial charge is 0.396 e. The summed E-state index contributed by atoms with van der Waals surface area (Å²) in [6.45, 7) is 11.3. The van der Waals surface area contributed by atoms with Crippen LogP contribution >= 0.6 is 21.6 Å². The highest BCUT2D eigenvalue weighted by atomic mass is 33.1. The Morgan fingerprint density at radius 3 is 2.84 bits per heavy atom. The summed E-state index contributed by atoms with van der Waals surface area (Å²) in [5.41, 5.74) is 11.3. The SMILES string of the molecule is C=C1/C=C/C=C(\[C@H]2CC[C@@]3([C@H](CCCO)/C(=C(\C)C(=O)Cc4cccc5c4CC(=O)N[C@H]5N)CC[C@@]3(C)O)[C@@H]2O)CO[C@H]2C#CC/C(=C\C[C@@H]1NCC)CCSSC2. The molecule has 7 N–H and O–H groups in total. The first kappa shape index (κ1) is 44.6. The van der Waals surface area contributed by atoms with E-state index in [1.807, 2.05) is 48.9 Å². The second-order valence-electron chi connectivity index (χ2n) is 16.8. The number of likely N-dealkylation sites (N-methyl/N-ethyl adjacent to an activating group) is 1. The van der Waals surface area contributed by atoms with E-state index in [9.17, 15) is 24.9 Å². The number of ether oxygens (including phenoxy) is 1. The number of nitrogens with two attached hydrogens (primary N) is 1. The fourth-order valence-electron chi connectivity index (χ4n) is 10.1. The molecule has 11 heteroatoms. The van der Waals surface area contributed by atoms with E-state index in [4.69, 9.17) is 10.5 Å². The molecule has 0 radical (unpaired) electrons. The lowest BCUT2D eigenvalue weighted by Crippen LogP contribution is -2.59. The standard InChI is InChI=1S/C47H63N3O6S2/c1-5-49-41-18-17-32-11-7-14-35(29-58-57-25-21-32)56-28-34(13-6-10-30(41)2)37-20-23-47(44(37)54)40(16-9-24-51)36(19-22-46(47,4)55)31(3)42(52)26-33-12-8-15-38-39(33)27-43(53)50-45(38)48/h6,8,10,12-13,15,17,35,37,40-41,44-45,49,51,54-55H,2,5,9,11,16,18-29,48H2,1,3-4H3,(H,50,53)/b10-6+,32-17+,34-13-,36-31+/t35-,37+,40+,41-,44+,45+,46+,47+/m0/s1. The topological polar surface area (TPSA) is 154 Å². The monoisotopic (exact) mass is 829 g/mol. The molecule has 1 amide bonds. The number of nitrogens with one attached hydrogen (secondary N) is 2. The van der Waals surface area contributed by atoms with Crippen molar-refractivity contribution in [2.24, 2.45) is 23.0 Å². The van der Waals surface area contributed by atoms with Crippen LogP contribution in [-0.4, -0.2) is 82.1 Å². The molecule has 2 fully saturated rings. The van der Waals surface area contributed by atoms with Crippen LogP contribution in [0.4, 0.5) is 0 Å². The lowest BCUT2D eigenvalue weighted by atomic mass is 9.52. The highest BCUT2D eigenvalue weighted by molar-refractivity contribution is 8.76. The Morgan fingerprint density at radius 2 is 2.05 bits per heavy atom. The Hall–Kier alpha value is -2.92. The van der Waals surface area contributed by atoms with Gasteiger partial charge in [-0.1, -0.05) is 101 Å². The van der Waals surface area contributed by atoms with Crippen molar-refractivity contribution in [2.45, 2.75) is 121 Å². The quantitative estimate of drug-likeness (QED) is 0.0719. The van der Waals surface area contributed by atoms with Crippen LogP contribution in [0.1, 0.15) is 101 Å². The second kappa shape index (κ2) is 20.1. The van der Waals surface area contributed by atoms with Crippen LogP contribution in [0.15, 0.2) is 76.9 Å². The van der Waals surface area contributed by atoms with E-state index >= 15 is 0 Å². The number of amides is 1. The van der Waals surface area contributed by atoms with Crippen molar-refractivity contribution >= 4 is 33.3 Å². The van der Waals surface area contributed by atoms with Crippen LogP contribution in [0.3, 0.4) is 0 Å². The van der Waals surface area contributed by atoms with Crippen LogP contribution in [0, 0.1) is 29.1 Å². The van der Waals surface area contributed by atoms with Crippen molar-refractivity contribution in [3.05, 3.63) is 93.6 Å². The van der Waals surface area contributed by atoms with Gasteiger partial charge < -0.3 is 36.4 Å². The molecule has 3 aliphatic heterocycles. The molecule has 8 atom stereocenters. The summed E-state index contributed by atoms with van der Waals surface area (Å²) in [7, 11) is 3.64. The van der Waals surface area contributed by atoms with E-state index in [1.165, 1.54) is 5.57 Å². The van der Waals surface area contributed by atoms with E-state index in [-0.39, 0.29) is 61.7 Å². The number of carbonyl (C=O) groups is 2. The predicted molar refractivity (Wildman–Crippen MR) is 236 cm³/mol. The second-order valence-corrected chi connectivity index (χ2v) is 19.4. The van der Waals surface area contributed by atoms with Gasteiger partial charge in [0, 0.05) is 48.3 Å². The zero-order valence-electron chi connectivity index (χ0n) is 34.5. The first-order valence-corrected chi connectivity index (χ1v) is 23.6. The lowest BCUT2D eigenvalue weighted by molar-refractivity contribution is -0.168. The van der Waals surface area contributed by atoms with Crippen molar-refractivity contribution < 1.29 is 29.6 Å². The number of aliphatic hydroxyl groups is 3. The molecule has 58 heavy (non-hydrogen) atoms. The number of fused-ring (bicyclic) bond motifs is 4. The van der Waals surface area contributed by atoms with Crippen molar-refractivity contribution in [3.63, 3.8) is 0 Å². The fourth-order valence-corrected chi connectivity index (χ4v) is 12.3. The number of aliphatic hydroxyl groups excluding tert-OH is 2. The fraction of sp³-hybridized carbons (Fsp3) is 0.574. The first-order chi connectivity index (χ1) is 27.9. The zero-order valence-corrected chi connectivity index (χ0v) is 36.1. The van der Waals surface area contributed by atoms with E-state index in [1.54, 1.807) is 10.8 Å². The molecule has 1 aromatic carbocycles. The number of carbonyl (C=O) groups excluding carboxylic acids is 2. The Morgan fingerprint density at radius 1 is 1.22 bits per heavy atom. The summed E-state index contributed by atoms with van der Waals surface area (Å²) in [4.78, 5) is 26.7. The first-order valence-electron chi connectivity index (χ1n) is 21.1. The van der Waals surface area contributed by atoms with Gasteiger partial charge in [-0.3, -0.25) is 9.59 Å². The summed E-state index contributed by atoms with van der Waals surface area (Å²) in [6.07, 6.45) is 12.5. The minimum Gasteiger partial charge on any atom is -0.396 e. The van der Waals surface area contributed by atoms with E-state index < -0.39 is 23.3 Å². The summed E-state index contributed by atoms with van der Waals surface area (Å²) in [5, 5.41) is 41.8. The van der Waals surface area contributed by atoms with Gasteiger partial charge in [-0.25, -0.2) is 0 Å². The maximum absolute atomic E-state index is 14.3. The predicted octanol–water partition coefficient (Wildman–Crippen LogP) is 6.35. The Labute approximate surface area is 353 Å². The van der Waals surface area contributed by atoms with Crippen LogP contribution in [0.25, 0.3) is 0 Å². The van der Waals surface area contributed by atoms with E-state index in [0.29, 0.717) is 50.5 Å². The van der Waals surface area contributed by atoms with Crippen LogP contribution in [-0.2, 0) is 27.2 Å². The molecular formula is C47H63N3O6S2. The highest BCUT2D eigenvalue weighted by Crippen LogP contribution is 2.63. The van der Waals surface area contributed by atoms with Gasteiger partial charge in [0.2, 0.25) is 5.91 Å². The number of allylic oxidation sites excluding steroid dienone is 5. The summed E-state index contributed by atoms with van der Waals surface area (Å²) in [6, 6.07) is 5.74. The smallest absolute Gasteiger partial charge is 0.225 e. The summed E-state index contributed by atoms with van der Waals surface area (Å²) in [5.74, 6) is 7.70. The molecule has 6 rings (SSSR count). The highest BCUT2D eigenvalue weighted by Gasteiger charge is 2.64. The van der Waals surface area contributed by atoms with Crippen molar-refractivity contribution in [2.75, 3.05) is 31.3 Å². The van der Waals surface area contributed by atoms with Gasteiger partial charge in [0.1, 0.15) is 12.3 Å². The molecule has 0 saturated heterocycles. The lowest BCUT2D eigenvalue weighted by Gasteiger charge is -2.55. The summed E-state index contributed by atoms with van der Waals surface area (Å²) < 4.78 is 6.60. The molecule has 5 aliphatic rings. The van der Waals surface area contributed by atoms with Crippen LogP contribution in [0.5, 0.6) is 0 Å². The molecule has 314 valence electrons.